The summed E-state index contributed by atoms with van der Waals surface area (Å²) < 4.78 is 5.58. The van der Waals surface area contributed by atoms with Gasteiger partial charge in [0, 0.05) is 35.5 Å². The van der Waals surface area contributed by atoms with Gasteiger partial charge in [-0.2, -0.15) is 0 Å². The summed E-state index contributed by atoms with van der Waals surface area (Å²) in [4.78, 5) is 24.4. The smallest absolute Gasteiger partial charge is 0.251 e. The summed E-state index contributed by atoms with van der Waals surface area (Å²) in [6.45, 7) is 5.03. The van der Waals surface area contributed by atoms with E-state index in [1.165, 1.54) is 5.56 Å². The molecular weight excluding hydrogens is 428 g/mol. The van der Waals surface area contributed by atoms with Crippen molar-refractivity contribution in [2.75, 3.05) is 12.8 Å². The minimum absolute atomic E-state index is 0.0618. The van der Waals surface area contributed by atoms with Gasteiger partial charge in [-0.25, -0.2) is 9.97 Å². The summed E-state index contributed by atoms with van der Waals surface area (Å²) in [7, 11) is 1.92. The van der Waals surface area contributed by atoms with Crippen LogP contribution >= 0.6 is 0 Å². The van der Waals surface area contributed by atoms with Gasteiger partial charge < -0.3 is 20.6 Å². The molecule has 4 aromatic rings. The number of nitrogens with two attached hydrogens (primary N) is 1. The number of aromatic amines is 1. The molecule has 0 aliphatic carbocycles. The van der Waals surface area contributed by atoms with Crippen LogP contribution in [-0.2, 0) is 6.54 Å². The van der Waals surface area contributed by atoms with Gasteiger partial charge in [0.25, 0.3) is 5.56 Å². The first-order valence-electron chi connectivity index (χ1n) is 11.6. The topological polar surface area (TPSA) is 123 Å². The number of hydrogen-bond acceptors (Lipinski definition) is 7. The molecule has 1 atom stereocenters. The van der Waals surface area contributed by atoms with Crippen molar-refractivity contribution >= 4 is 5.82 Å². The molecule has 0 amide bonds. The van der Waals surface area contributed by atoms with E-state index in [2.05, 4.69) is 34.3 Å². The van der Waals surface area contributed by atoms with Crippen molar-refractivity contribution in [3.8, 4) is 34.0 Å². The number of aromatic nitrogens is 4. The van der Waals surface area contributed by atoms with Crippen molar-refractivity contribution in [1.29, 1.82) is 0 Å². The van der Waals surface area contributed by atoms with Crippen LogP contribution < -0.4 is 16.6 Å². The fraction of sp³-hybridized carbons (Fsp3) is 0.308. The summed E-state index contributed by atoms with van der Waals surface area (Å²) in [6.07, 6.45) is 6.14. The first-order chi connectivity index (χ1) is 16.5. The van der Waals surface area contributed by atoms with E-state index in [-0.39, 0.29) is 17.3 Å². The third kappa shape index (κ3) is 4.92. The minimum Gasteiger partial charge on any atom is -0.382 e. The molecular formula is C26H30N6O2. The zero-order chi connectivity index (χ0) is 24.1. The van der Waals surface area contributed by atoms with E-state index in [0.717, 1.165) is 42.5 Å². The minimum atomic E-state index is -0.0618. The van der Waals surface area contributed by atoms with Crippen molar-refractivity contribution in [2.24, 2.45) is 0 Å². The monoisotopic (exact) mass is 458 g/mol. The maximum Gasteiger partial charge on any atom is 0.251 e. The number of hydrogen-bond donors (Lipinski definition) is 3. The molecule has 8 nitrogen and oxygen atoms in total. The molecule has 3 aromatic heterocycles. The fourth-order valence-electron chi connectivity index (χ4n) is 4.12. The standard InChI is InChI=1S/C26H30N6O2/c1-4-6-17(5-2)20-11-19(14-30-26(20)33)22-15-29-25(27)24(31-22)23-12-21(32-34-23)18-9-7-16(8-10-18)13-28-3/h7-12,14-15,17,28H,4-6,13H2,1-3H3,(H2,27,29)(H,30,33). The van der Waals surface area contributed by atoms with Crippen LogP contribution in [0.25, 0.3) is 34.0 Å². The number of H-pyrrole nitrogens is 1. The van der Waals surface area contributed by atoms with Crippen molar-refractivity contribution in [3.63, 3.8) is 0 Å². The molecule has 4 N–H and O–H groups in total. The Morgan fingerprint density at radius 1 is 1.12 bits per heavy atom. The van der Waals surface area contributed by atoms with Crippen molar-refractivity contribution in [3.05, 3.63) is 70.3 Å². The van der Waals surface area contributed by atoms with Gasteiger partial charge in [0.05, 0.1) is 11.9 Å². The van der Waals surface area contributed by atoms with Gasteiger partial charge in [-0.15, -0.1) is 0 Å². The second kappa shape index (κ2) is 10.4. The predicted octanol–water partition coefficient (Wildman–Crippen LogP) is 4.75. The Labute approximate surface area is 198 Å². The molecule has 0 aliphatic rings. The van der Waals surface area contributed by atoms with Gasteiger partial charge >= 0.3 is 0 Å². The van der Waals surface area contributed by atoms with Gasteiger partial charge in [-0.3, -0.25) is 4.79 Å². The Morgan fingerprint density at radius 3 is 2.62 bits per heavy atom. The zero-order valence-electron chi connectivity index (χ0n) is 19.8. The van der Waals surface area contributed by atoms with E-state index in [1.54, 1.807) is 12.4 Å². The normalized spacial score (nSPS) is 12.1. The summed E-state index contributed by atoms with van der Waals surface area (Å²) in [5.41, 5.74) is 11.4. The molecule has 1 aromatic carbocycles. The number of benzene rings is 1. The molecule has 0 saturated carbocycles. The molecule has 0 saturated heterocycles. The van der Waals surface area contributed by atoms with Crippen LogP contribution in [0.2, 0.25) is 0 Å². The molecule has 0 aliphatic heterocycles. The van der Waals surface area contributed by atoms with E-state index in [1.807, 2.05) is 43.4 Å². The highest BCUT2D eigenvalue weighted by Gasteiger charge is 2.18. The third-order valence-corrected chi connectivity index (χ3v) is 5.97. The lowest BCUT2D eigenvalue weighted by Gasteiger charge is -2.14. The van der Waals surface area contributed by atoms with Crippen molar-refractivity contribution in [2.45, 2.75) is 45.6 Å². The van der Waals surface area contributed by atoms with Crippen LogP contribution in [0.1, 0.15) is 50.2 Å². The Kier molecular flexibility index (Phi) is 7.18. The van der Waals surface area contributed by atoms with Crippen LogP contribution in [0.3, 0.4) is 0 Å². The first kappa shape index (κ1) is 23.4. The van der Waals surface area contributed by atoms with E-state index < -0.39 is 0 Å². The Bertz CT molecular complexity index is 1310. The van der Waals surface area contributed by atoms with E-state index >= 15 is 0 Å². The summed E-state index contributed by atoms with van der Waals surface area (Å²) >= 11 is 0. The molecule has 1 unspecified atom stereocenters. The van der Waals surface area contributed by atoms with E-state index in [9.17, 15) is 4.79 Å². The van der Waals surface area contributed by atoms with Crippen LogP contribution in [0.4, 0.5) is 5.82 Å². The quantitative estimate of drug-likeness (QED) is 0.331. The van der Waals surface area contributed by atoms with Crippen LogP contribution in [0, 0.1) is 0 Å². The van der Waals surface area contributed by atoms with Gasteiger partial charge in [-0.05, 0) is 37.4 Å². The lowest BCUT2D eigenvalue weighted by Crippen LogP contribution is -2.16. The first-order valence-corrected chi connectivity index (χ1v) is 11.6. The largest absolute Gasteiger partial charge is 0.382 e. The second-order valence-corrected chi connectivity index (χ2v) is 8.36. The Hall–Kier alpha value is -3.78. The lowest BCUT2D eigenvalue weighted by atomic mass is 9.92. The average Bonchev–Trinajstić information content (AvgIpc) is 3.34. The highest BCUT2D eigenvalue weighted by molar-refractivity contribution is 5.73. The lowest BCUT2D eigenvalue weighted by molar-refractivity contribution is 0.434. The summed E-state index contributed by atoms with van der Waals surface area (Å²) in [5, 5.41) is 7.33. The molecule has 4 rings (SSSR count). The van der Waals surface area contributed by atoms with Crippen LogP contribution in [0.15, 0.2) is 58.1 Å². The van der Waals surface area contributed by atoms with Gasteiger partial charge in [0.1, 0.15) is 5.69 Å². The number of pyridine rings is 1. The molecule has 0 spiro atoms. The van der Waals surface area contributed by atoms with Crippen LogP contribution in [-0.4, -0.2) is 27.2 Å². The molecule has 3 heterocycles. The SMILES string of the molecule is CCCC(CC)c1cc(-c2cnc(N)c(-c3cc(-c4ccc(CNC)cc4)no3)n2)c[nH]c1=O. The molecule has 0 bridgehead atoms. The highest BCUT2D eigenvalue weighted by Crippen LogP contribution is 2.30. The van der Waals surface area contributed by atoms with Crippen LogP contribution in [0.5, 0.6) is 0 Å². The predicted molar refractivity (Wildman–Crippen MR) is 134 cm³/mol. The molecule has 34 heavy (non-hydrogen) atoms. The van der Waals surface area contributed by atoms with Crippen molar-refractivity contribution in [1.82, 2.24) is 25.4 Å². The van der Waals surface area contributed by atoms with E-state index in [4.69, 9.17) is 15.2 Å². The molecule has 176 valence electrons. The summed E-state index contributed by atoms with van der Waals surface area (Å²) in [5.74, 6) is 0.882. The Morgan fingerprint density at radius 2 is 1.91 bits per heavy atom. The second-order valence-electron chi connectivity index (χ2n) is 8.36. The third-order valence-electron chi connectivity index (χ3n) is 5.97. The van der Waals surface area contributed by atoms with Crippen molar-refractivity contribution < 1.29 is 4.52 Å². The van der Waals surface area contributed by atoms with Gasteiger partial charge in [-0.1, -0.05) is 49.7 Å². The van der Waals surface area contributed by atoms with Gasteiger partial charge in [0.15, 0.2) is 17.3 Å². The summed E-state index contributed by atoms with van der Waals surface area (Å²) in [6, 6.07) is 11.8. The highest BCUT2D eigenvalue weighted by atomic mass is 16.5. The number of rotatable bonds is 9. The number of nitrogen functional groups attached to an aromatic ring is 1. The Balaban J connectivity index is 1.67. The maximum absolute atomic E-state index is 12.5. The van der Waals surface area contributed by atoms with Gasteiger partial charge in [0.2, 0.25) is 0 Å². The molecule has 0 radical (unpaired) electrons. The fourth-order valence-corrected chi connectivity index (χ4v) is 4.12. The maximum atomic E-state index is 12.5. The number of nitrogens with zero attached hydrogens (tertiary/aromatic N) is 3. The number of nitrogens with one attached hydrogen (secondary N) is 2. The molecule has 0 fully saturated rings. The average molecular weight is 459 g/mol. The van der Waals surface area contributed by atoms with E-state index in [0.29, 0.717) is 22.8 Å². The molecule has 8 heteroatoms. The number of anilines is 1. The zero-order valence-corrected chi connectivity index (χ0v) is 19.8.